The van der Waals surface area contributed by atoms with Gasteiger partial charge < -0.3 is 20.3 Å². The molecule has 5 rings (SSSR count). The third kappa shape index (κ3) is 7.76. The quantitative estimate of drug-likeness (QED) is 0.188. The Morgan fingerprint density at radius 2 is 1.95 bits per heavy atom. The third-order valence-corrected chi connectivity index (χ3v) is 8.59. The van der Waals surface area contributed by atoms with Gasteiger partial charge in [-0.15, -0.1) is 0 Å². The smallest absolute Gasteiger partial charge is 0.325 e. The molecule has 2 aromatic heterocycles. The number of hydrogen-bond donors (Lipinski definition) is 3. The molecule has 3 heterocycles. The maximum Gasteiger partial charge on any atom is 0.325 e. The summed E-state index contributed by atoms with van der Waals surface area (Å²) < 4.78 is 5.86. The fourth-order valence-corrected chi connectivity index (χ4v) is 6.23. The summed E-state index contributed by atoms with van der Waals surface area (Å²) in [7, 11) is 4.10. The zero-order valence-electron chi connectivity index (χ0n) is 23.5. The second kappa shape index (κ2) is 14.1. The fourth-order valence-electron chi connectivity index (χ4n) is 4.30. The molecule has 0 aliphatic carbocycles. The van der Waals surface area contributed by atoms with E-state index in [0.717, 1.165) is 46.2 Å². The van der Waals surface area contributed by atoms with E-state index in [1.165, 1.54) is 11.3 Å². The molecule has 10 nitrogen and oxygen atoms in total. The van der Waals surface area contributed by atoms with Crippen molar-refractivity contribution in [1.82, 2.24) is 20.2 Å². The van der Waals surface area contributed by atoms with E-state index < -0.39 is 0 Å². The Bertz CT molecular complexity index is 1580. The van der Waals surface area contributed by atoms with Crippen molar-refractivity contribution in [1.29, 1.82) is 5.26 Å². The van der Waals surface area contributed by atoms with E-state index in [-0.39, 0.29) is 11.3 Å². The molecule has 3 N–H and O–H groups in total. The normalized spacial score (nSPS) is 14.4. The number of urea groups is 1. The molecule has 12 heteroatoms. The number of amidine groups is 1. The molecule has 1 aliphatic rings. The lowest BCUT2D eigenvalue weighted by atomic mass is 10.2. The van der Waals surface area contributed by atoms with Crippen molar-refractivity contribution in [2.24, 2.45) is 4.99 Å². The Balaban J connectivity index is 1.16. The van der Waals surface area contributed by atoms with Crippen molar-refractivity contribution < 1.29 is 9.53 Å². The van der Waals surface area contributed by atoms with Gasteiger partial charge in [0.1, 0.15) is 27.2 Å². The molecule has 0 saturated heterocycles. The zero-order valence-corrected chi connectivity index (χ0v) is 25.1. The summed E-state index contributed by atoms with van der Waals surface area (Å²) in [4.78, 5) is 29.0. The summed E-state index contributed by atoms with van der Waals surface area (Å²) in [6.07, 6.45) is 3.35. The molecular formula is C30H32N8O2S2. The number of rotatable bonds is 11. The van der Waals surface area contributed by atoms with Crippen molar-refractivity contribution in [3.05, 3.63) is 66.4 Å². The van der Waals surface area contributed by atoms with E-state index in [1.54, 1.807) is 18.0 Å². The van der Waals surface area contributed by atoms with Gasteiger partial charge in [-0.3, -0.25) is 10.3 Å². The number of nitrogens with zero attached hydrogens (tertiary/aromatic N) is 5. The van der Waals surface area contributed by atoms with Gasteiger partial charge >= 0.3 is 6.03 Å². The highest BCUT2D eigenvalue weighted by Gasteiger charge is 2.22. The minimum absolute atomic E-state index is 0.210. The van der Waals surface area contributed by atoms with Gasteiger partial charge in [-0.2, -0.15) is 5.26 Å². The number of thioether (sulfide) groups is 1. The van der Waals surface area contributed by atoms with Gasteiger partial charge in [0.25, 0.3) is 0 Å². The number of aliphatic imine (C=N–C) groups is 1. The molecule has 2 aromatic carbocycles. The minimum Gasteiger partial charge on any atom is -0.494 e. The maximum atomic E-state index is 12.3. The van der Waals surface area contributed by atoms with E-state index in [1.807, 2.05) is 54.6 Å². The highest BCUT2D eigenvalue weighted by molar-refractivity contribution is 8.14. The number of aromatic nitrogens is 2. The molecular weight excluding hydrogens is 569 g/mol. The molecule has 1 unspecified atom stereocenters. The molecule has 42 heavy (non-hydrogen) atoms. The highest BCUT2D eigenvalue weighted by atomic mass is 32.2. The Morgan fingerprint density at radius 1 is 1.14 bits per heavy atom. The molecule has 1 aliphatic heterocycles. The van der Waals surface area contributed by atoms with Crippen molar-refractivity contribution in [3.63, 3.8) is 0 Å². The van der Waals surface area contributed by atoms with Gasteiger partial charge in [0, 0.05) is 35.8 Å². The molecule has 0 fully saturated rings. The number of para-hydroxylation sites is 1. The second-order valence-corrected chi connectivity index (χ2v) is 12.2. The van der Waals surface area contributed by atoms with Gasteiger partial charge in [-0.25, -0.2) is 14.8 Å². The van der Waals surface area contributed by atoms with E-state index in [0.29, 0.717) is 41.6 Å². The van der Waals surface area contributed by atoms with Crippen LogP contribution in [0.15, 0.2) is 65.8 Å². The van der Waals surface area contributed by atoms with Crippen LogP contribution in [0, 0.1) is 11.3 Å². The number of carbonyl (C=O) groups excluding carboxylic acids is 1. The van der Waals surface area contributed by atoms with Crippen LogP contribution < -0.4 is 20.7 Å². The number of amides is 2. The van der Waals surface area contributed by atoms with Gasteiger partial charge in [0.2, 0.25) is 0 Å². The SMILES string of the molecule is CN(C)CCCOc1ccc(-c2nc3c(NCCC4CN=C(NC(=O)Nc5ccccc5)S4)c(C#N)cnc3s2)cc1. The van der Waals surface area contributed by atoms with Crippen LogP contribution in [0.4, 0.5) is 16.2 Å². The summed E-state index contributed by atoms with van der Waals surface area (Å²) in [5.74, 6) is 0.829. The monoisotopic (exact) mass is 600 g/mol. The molecule has 0 bridgehead atoms. The predicted molar refractivity (Wildman–Crippen MR) is 172 cm³/mol. The first-order chi connectivity index (χ1) is 20.5. The summed E-state index contributed by atoms with van der Waals surface area (Å²) in [5, 5.41) is 20.4. The van der Waals surface area contributed by atoms with Crippen molar-refractivity contribution in [2.75, 3.05) is 51.0 Å². The zero-order chi connectivity index (χ0) is 29.3. The summed E-state index contributed by atoms with van der Waals surface area (Å²) in [5.41, 5.74) is 3.53. The van der Waals surface area contributed by atoms with Gasteiger partial charge in [-0.05, 0) is 63.3 Å². The first-order valence-electron chi connectivity index (χ1n) is 13.6. The second-order valence-electron chi connectivity index (χ2n) is 9.91. The first kappa shape index (κ1) is 29.3. The van der Waals surface area contributed by atoms with Crippen LogP contribution in [0.2, 0.25) is 0 Å². The number of benzene rings is 2. The average Bonchev–Trinajstić information content (AvgIpc) is 3.63. The standard InChI is InChI=1S/C30H32N8O2S2/c1-38(2)15-6-16-40-23-11-9-20(10-12-23)27-36-26-25(21(17-31)18-33-28(26)42-27)32-14-13-24-19-34-30(41-24)37-29(39)35-22-7-4-3-5-8-22/h3-5,7-12,18,24H,6,13-16,19H2,1-2H3,(H,32,33)(H2,34,35,37,39). The molecule has 216 valence electrons. The van der Waals surface area contributed by atoms with Gasteiger partial charge in [0.15, 0.2) is 5.17 Å². The lowest BCUT2D eigenvalue weighted by Gasteiger charge is -2.12. The predicted octanol–water partition coefficient (Wildman–Crippen LogP) is 5.66. The molecule has 4 aromatic rings. The number of hydrogen-bond acceptors (Lipinski definition) is 10. The number of ether oxygens (including phenoxy) is 1. The van der Waals surface area contributed by atoms with Crippen LogP contribution in [-0.2, 0) is 0 Å². The Kier molecular flexibility index (Phi) is 9.86. The van der Waals surface area contributed by atoms with Crippen LogP contribution in [0.25, 0.3) is 20.9 Å². The van der Waals surface area contributed by atoms with Crippen LogP contribution in [0.5, 0.6) is 5.75 Å². The third-order valence-electron chi connectivity index (χ3n) is 6.40. The molecule has 2 amide bonds. The van der Waals surface area contributed by atoms with E-state index >= 15 is 0 Å². The lowest BCUT2D eigenvalue weighted by Crippen LogP contribution is -2.32. The molecule has 0 spiro atoms. The number of nitrogens with one attached hydrogen (secondary N) is 3. The van der Waals surface area contributed by atoms with Gasteiger partial charge in [-0.1, -0.05) is 41.3 Å². The average molecular weight is 601 g/mol. The number of fused-ring (bicyclic) bond motifs is 1. The summed E-state index contributed by atoms with van der Waals surface area (Å²) in [6.45, 7) is 2.89. The van der Waals surface area contributed by atoms with E-state index in [9.17, 15) is 10.1 Å². The number of nitriles is 1. The number of thiazole rings is 1. The lowest BCUT2D eigenvalue weighted by molar-refractivity contribution is 0.256. The maximum absolute atomic E-state index is 12.3. The van der Waals surface area contributed by atoms with Crippen LogP contribution in [-0.4, -0.2) is 71.7 Å². The summed E-state index contributed by atoms with van der Waals surface area (Å²) in [6, 6.07) is 19.1. The number of pyridine rings is 1. The fraction of sp³-hybridized carbons (Fsp3) is 0.300. The van der Waals surface area contributed by atoms with E-state index in [4.69, 9.17) is 9.72 Å². The minimum atomic E-state index is -0.314. The summed E-state index contributed by atoms with van der Waals surface area (Å²) >= 11 is 3.04. The number of anilines is 2. The Hall–Kier alpha value is -4.18. The van der Waals surface area contributed by atoms with Crippen molar-refractivity contribution >= 4 is 56.0 Å². The molecule has 1 atom stereocenters. The molecule has 0 radical (unpaired) electrons. The van der Waals surface area contributed by atoms with Crippen LogP contribution >= 0.6 is 23.1 Å². The van der Waals surface area contributed by atoms with Crippen LogP contribution in [0.1, 0.15) is 18.4 Å². The van der Waals surface area contributed by atoms with Crippen LogP contribution in [0.3, 0.4) is 0 Å². The van der Waals surface area contributed by atoms with Crippen molar-refractivity contribution in [2.45, 2.75) is 18.1 Å². The largest absolute Gasteiger partial charge is 0.494 e. The van der Waals surface area contributed by atoms with E-state index in [2.05, 4.69) is 51.0 Å². The molecule has 0 saturated carbocycles. The van der Waals surface area contributed by atoms with Crippen molar-refractivity contribution in [3.8, 4) is 22.4 Å². The first-order valence-corrected chi connectivity index (χ1v) is 15.3. The topological polar surface area (TPSA) is 128 Å². The Morgan fingerprint density at radius 3 is 2.71 bits per heavy atom. The van der Waals surface area contributed by atoms with Gasteiger partial charge in [0.05, 0.1) is 24.4 Å². The highest BCUT2D eigenvalue weighted by Crippen LogP contribution is 2.35. The Labute approximate surface area is 253 Å². The number of carbonyl (C=O) groups is 1.